The van der Waals surface area contributed by atoms with Crippen LogP contribution in [0.15, 0.2) is 18.2 Å². The van der Waals surface area contributed by atoms with Gasteiger partial charge in [0.1, 0.15) is 5.75 Å². The number of hydrogen-bond acceptors (Lipinski definition) is 4. The first kappa shape index (κ1) is 17.1. The van der Waals surface area contributed by atoms with Crippen LogP contribution >= 0.6 is 11.6 Å². The zero-order valence-electron chi connectivity index (χ0n) is 10.8. The summed E-state index contributed by atoms with van der Waals surface area (Å²) in [5.41, 5.74) is -0.233. The van der Waals surface area contributed by atoms with Crippen LogP contribution in [0.3, 0.4) is 0 Å². The molecule has 0 bridgehead atoms. The van der Waals surface area contributed by atoms with Crippen molar-refractivity contribution in [3.05, 3.63) is 28.8 Å². The Kier molecular flexibility index (Phi) is 6.32. The molecule has 1 amide bonds. The standard InChI is InChI=1S/C12H12ClF2NO5/c1-20-9(11(18)19)5-16-10(17)7-4-6(13)2-3-8(7)21-12(14)15/h2-4,9,12H,5H2,1H3,(H,16,17)(H,18,19). The lowest BCUT2D eigenvalue weighted by molar-refractivity contribution is -0.148. The van der Waals surface area contributed by atoms with Gasteiger partial charge in [-0.2, -0.15) is 8.78 Å². The van der Waals surface area contributed by atoms with Gasteiger partial charge in [-0.05, 0) is 18.2 Å². The van der Waals surface area contributed by atoms with Crippen molar-refractivity contribution in [2.45, 2.75) is 12.7 Å². The summed E-state index contributed by atoms with van der Waals surface area (Å²) in [6.07, 6.45) is -1.26. The van der Waals surface area contributed by atoms with Gasteiger partial charge in [-0.15, -0.1) is 0 Å². The normalized spacial score (nSPS) is 12.0. The molecule has 0 saturated carbocycles. The van der Waals surface area contributed by atoms with Crippen LogP contribution < -0.4 is 10.1 Å². The van der Waals surface area contributed by atoms with Gasteiger partial charge in [0.05, 0.1) is 12.1 Å². The number of amides is 1. The fourth-order valence-electron chi connectivity index (χ4n) is 1.43. The number of benzene rings is 1. The first-order chi connectivity index (χ1) is 9.85. The molecule has 0 aliphatic carbocycles. The smallest absolute Gasteiger partial charge is 0.387 e. The van der Waals surface area contributed by atoms with Gasteiger partial charge < -0.3 is 19.9 Å². The summed E-state index contributed by atoms with van der Waals surface area (Å²) in [6.45, 7) is -3.45. The topological polar surface area (TPSA) is 84.9 Å². The largest absolute Gasteiger partial charge is 0.479 e. The van der Waals surface area contributed by atoms with E-state index in [9.17, 15) is 18.4 Å². The molecule has 1 unspecified atom stereocenters. The molecule has 0 aromatic heterocycles. The minimum atomic E-state index is -3.11. The van der Waals surface area contributed by atoms with Crippen molar-refractivity contribution < 1.29 is 33.0 Å². The van der Waals surface area contributed by atoms with E-state index in [0.717, 1.165) is 19.2 Å². The minimum absolute atomic E-state index is 0.142. The fourth-order valence-corrected chi connectivity index (χ4v) is 1.60. The van der Waals surface area contributed by atoms with E-state index in [0.29, 0.717) is 0 Å². The average molecular weight is 324 g/mol. The van der Waals surface area contributed by atoms with Gasteiger partial charge in [-0.25, -0.2) is 4.79 Å². The second-order valence-electron chi connectivity index (χ2n) is 3.79. The molecule has 0 heterocycles. The fraction of sp³-hybridized carbons (Fsp3) is 0.333. The molecular formula is C12H12ClF2NO5. The van der Waals surface area contributed by atoms with Crippen LogP contribution in [0.5, 0.6) is 5.75 Å². The molecule has 1 aromatic carbocycles. The van der Waals surface area contributed by atoms with Gasteiger partial charge in [-0.3, -0.25) is 4.79 Å². The number of carboxylic acid groups (broad SMARTS) is 1. The SMILES string of the molecule is COC(CNC(=O)c1cc(Cl)ccc1OC(F)F)C(=O)O. The maximum atomic E-state index is 12.3. The van der Waals surface area contributed by atoms with Crippen molar-refractivity contribution in [2.75, 3.05) is 13.7 Å². The molecule has 0 aliphatic heterocycles. The Balaban J connectivity index is 2.85. The van der Waals surface area contributed by atoms with E-state index in [1.807, 2.05) is 0 Å². The molecule has 6 nitrogen and oxygen atoms in total. The minimum Gasteiger partial charge on any atom is -0.479 e. The molecule has 2 N–H and O–H groups in total. The van der Waals surface area contributed by atoms with Crippen LogP contribution in [0, 0.1) is 0 Å². The van der Waals surface area contributed by atoms with Crippen LogP contribution in [0.4, 0.5) is 8.78 Å². The molecule has 21 heavy (non-hydrogen) atoms. The maximum absolute atomic E-state index is 12.3. The molecule has 0 aliphatic rings. The highest BCUT2D eigenvalue weighted by Crippen LogP contribution is 2.24. The lowest BCUT2D eigenvalue weighted by Gasteiger charge is -2.14. The van der Waals surface area contributed by atoms with Crippen LogP contribution in [-0.2, 0) is 9.53 Å². The molecule has 0 fully saturated rings. The molecule has 9 heteroatoms. The number of carboxylic acids is 1. The molecule has 1 aromatic rings. The van der Waals surface area contributed by atoms with Crippen molar-refractivity contribution in [1.82, 2.24) is 5.32 Å². The molecule has 1 rings (SSSR count). The quantitative estimate of drug-likeness (QED) is 0.799. The van der Waals surface area contributed by atoms with Gasteiger partial charge in [0.15, 0.2) is 6.10 Å². The zero-order chi connectivity index (χ0) is 16.0. The van der Waals surface area contributed by atoms with Crippen LogP contribution in [0.25, 0.3) is 0 Å². The second-order valence-corrected chi connectivity index (χ2v) is 4.23. The Bertz CT molecular complexity index is 526. The summed E-state index contributed by atoms with van der Waals surface area (Å²) in [4.78, 5) is 22.6. The number of nitrogens with one attached hydrogen (secondary N) is 1. The number of rotatable bonds is 7. The van der Waals surface area contributed by atoms with E-state index in [2.05, 4.69) is 14.8 Å². The number of methoxy groups -OCH3 is 1. The summed E-state index contributed by atoms with van der Waals surface area (Å²) in [6, 6.07) is 3.54. The lowest BCUT2D eigenvalue weighted by Crippen LogP contribution is -2.38. The van der Waals surface area contributed by atoms with Crippen molar-refractivity contribution in [1.29, 1.82) is 0 Å². The Morgan fingerprint density at radius 3 is 2.62 bits per heavy atom. The number of aliphatic carboxylic acids is 1. The zero-order valence-corrected chi connectivity index (χ0v) is 11.6. The van der Waals surface area contributed by atoms with E-state index < -0.39 is 24.6 Å². The molecule has 0 spiro atoms. The third kappa shape index (κ3) is 5.16. The highest BCUT2D eigenvalue weighted by Gasteiger charge is 2.20. The summed E-state index contributed by atoms with van der Waals surface area (Å²) in [5.74, 6) is -2.44. The first-order valence-corrected chi connectivity index (χ1v) is 6.01. The summed E-state index contributed by atoms with van der Waals surface area (Å²) >= 11 is 5.70. The highest BCUT2D eigenvalue weighted by molar-refractivity contribution is 6.31. The number of ether oxygens (including phenoxy) is 2. The first-order valence-electron chi connectivity index (χ1n) is 5.63. The number of alkyl halides is 2. The van der Waals surface area contributed by atoms with E-state index in [1.54, 1.807) is 0 Å². The summed E-state index contributed by atoms with van der Waals surface area (Å²) in [5, 5.41) is 11.1. The Hall–Kier alpha value is -1.93. The second kappa shape index (κ2) is 7.75. The lowest BCUT2D eigenvalue weighted by atomic mass is 10.2. The van der Waals surface area contributed by atoms with Crippen molar-refractivity contribution in [3.8, 4) is 5.75 Å². The van der Waals surface area contributed by atoms with Crippen molar-refractivity contribution >= 4 is 23.5 Å². The number of carbonyl (C=O) groups is 2. The van der Waals surface area contributed by atoms with E-state index >= 15 is 0 Å². The third-order valence-corrected chi connectivity index (χ3v) is 2.65. The van der Waals surface area contributed by atoms with Crippen molar-refractivity contribution in [3.63, 3.8) is 0 Å². The van der Waals surface area contributed by atoms with Crippen LogP contribution in [0.1, 0.15) is 10.4 Å². The molecule has 1 atom stereocenters. The highest BCUT2D eigenvalue weighted by atomic mass is 35.5. The molecule has 0 radical (unpaired) electrons. The van der Waals surface area contributed by atoms with Gasteiger partial charge in [0.25, 0.3) is 5.91 Å². The summed E-state index contributed by atoms with van der Waals surface area (Å²) in [7, 11) is 1.16. The molecule has 0 saturated heterocycles. The molecule has 116 valence electrons. The third-order valence-electron chi connectivity index (χ3n) is 2.41. The van der Waals surface area contributed by atoms with Crippen LogP contribution in [-0.4, -0.2) is 43.4 Å². The maximum Gasteiger partial charge on any atom is 0.387 e. The summed E-state index contributed by atoms with van der Waals surface area (Å²) < 4.78 is 33.3. The predicted octanol–water partition coefficient (Wildman–Crippen LogP) is 1.77. The number of halogens is 3. The Morgan fingerprint density at radius 2 is 2.10 bits per heavy atom. The van der Waals surface area contributed by atoms with E-state index in [1.165, 1.54) is 6.07 Å². The molecular weight excluding hydrogens is 312 g/mol. The Labute approximate surface area is 123 Å². The average Bonchev–Trinajstić information content (AvgIpc) is 2.40. The van der Waals surface area contributed by atoms with E-state index in [4.69, 9.17) is 16.7 Å². The van der Waals surface area contributed by atoms with Crippen LogP contribution in [0.2, 0.25) is 5.02 Å². The van der Waals surface area contributed by atoms with E-state index in [-0.39, 0.29) is 22.9 Å². The Morgan fingerprint density at radius 1 is 1.43 bits per heavy atom. The predicted molar refractivity (Wildman–Crippen MR) is 68.9 cm³/mol. The number of carbonyl (C=O) groups excluding carboxylic acids is 1. The van der Waals surface area contributed by atoms with Gasteiger partial charge in [0, 0.05) is 12.1 Å². The van der Waals surface area contributed by atoms with Crippen molar-refractivity contribution in [2.24, 2.45) is 0 Å². The van der Waals surface area contributed by atoms with Gasteiger partial charge in [0.2, 0.25) is 0 Å². The monoisotopic (exact) mass is 323 g/mol. The van der Waals surface area contributed by atoms with Gasteiger partial charge in [-0.1, -0.05) is 11.6 Å². The van der Waals surface area contributed by atoms with Gasteiger partial charge >= 0.3 is 12.6 Å². The number of hydrogen-bond donors (Lipinski definition) is 2.